The molecule has 2 aromatic heterocycles. The second-order valence-corrected chi connectivity index (χ2v) is 7.59. The van der Waals surface area contributed by atoms with Crippen molar-refractivity contribution in [2.75, 3.05) is 0 Å². The van der Waals surface area contributed by atoms with Crippen molar-refractivity contribution in [3.63, 3.8) is 0 Å². The molecular formula is C25H19FN2O. The van der Waals surface area contributed by atoms with Crippen LogP contribution in [0.15, 0.2) is 79.4 Å². The smallest absolute Gasteiger partial charge is 0.141 e. The lowest BCUT2D eigenvalue weighted by atomic mass is 9.99. The molecule has 0 aliphatic heterocycles. The third kappa shape index (κ3) is 3.42. The minimum absolute atomic E-state index is 0.0215. The number of carbonyl (C=O) groups is 1. The van der Waals surface area contributed by atoms with E-state index in [0.717, 1.165) is 22.9 Å². The number of aromatic nitrogens is 2. The van der Waals surface area contributed by atoms with E-state index >= 15 is 0 Å². The standard InChI is InChI=1S/C25H19FN2O/c26-25-18(7-8-20-15-28-11-9-21(20)25)12-24(29)23-13-22(23)17-5-3-16(4-6-17)19-2-1-10-27-14-19/h1-11,14-15,22-23H,12-13H2/t22-,23+/m0/s1. The number of hydrogen-bond donors (Lipinski definition) is 0. The average Bonchev–Trinajstić information content (AvgIpc) is 3.58. The molecule has 5 rings (SSSR count). The maximum atomic E-state index is 14.8. The van der Waals surface area contributed by atoms with Crippen molar-refractivity contribution in [3.05, 3.63) is 96.3 Å². The second kappa shape index (κ2) is 7.21. The lowest BCUT2D eigenvalue weighted by Crippen LogP contribution is -2.08. The van der Waals surface area contributed by atoms with Crippen LogP contribution in [0.1, 0.15) is 23.5 Å². The summed E-state index contributed by atoms with van der Waals surface area (Å²) in [6, 6.07) is 17.5. The van der Waals surface area contributed by atoms with Gasteiger partial charge < -0.3 is 0 Å². The molecule has 4 heteroatoms. The van der Waals surface area contributed by atoms with Crippen LogP contribution in [0.4, 0.5) is 4.39 Å². The molecule has 3 nitrogen and oxygen atoms in total. The number of hydrogen-bond acceptors (Lipinski definition) is 3. The highest BCUT2D eigenvalue weighted by Gasteiger charge is 2.43. The first kappa shape index (κ1) is 17.7. The van der Waals surface area contributed by atoms with Gasteiger partial charge in [-0.3, -0.25) is 14.8 Å². The van der Waals surface area contributed by atoms with Crippen LogP contribution in [0.3, 0.4) is 0 Å². The first-order valence-electron chi connectivity index (χ1n) is 9.75. The van der Waals surface area contributed by atoms with Crippen LogP contribution < -0.4 is 0 Å². The number of fused-ring (bicyclic) bond motifs is 1. The Hall–Kier alpha value is -3.40. The van der Waals surface area contributed by atoms with Crippen LogP contribution >= 0.6 is 0 Å². The number of halogens is 1. The Bertz CT molecular complexity index is 1190. The molecule has 0 radical (unpaired) electrons. The summed E-state index contributed by atoms with van der Waals surface area (Å²) >= 11 is 0. The molecule has 0 bridgehead atoms. The molecule has 1 fully saturated rings. The van der Waals surface area contributed by atoms with E-state index in [0.29, 0.717) is 10.9 Å². The monoisotopic (exact) mass is 382 g/mol. The highest BCUT2D eigenvalue weighted by Crippen LogP contribution is 2.48. The van der Waals surface area contributed by atoms with Crippen molar-refractivity contribution in [2.24, 2.45) is 5.92 Å². The van der Waals surface area contributed by atoms with E-state index in [2.05, 4.69) is 34.2 Å². The zero-order valence-corrected chi connectivity index (χ0v) is 15.8. The molecule has 1 saturated carbocycles. The van der Waals surface area contributed by atoms with Gasteiger partial charge in [0.05, 0.1) is 0 Å². The van der Waals surface area contributed by atoms with Crippen molar-refractivity contribution in [1.82, 2.24) is 9.97 Å². The van der Waals surface area contributed by atoms with E-state index in [1.807, 2.05) is 24.4 Å². The largest absolute Gasteiger partial charge is 0.299 e. The zero-order chi connectivity index (χ0) is 19.8. The molecule has 0 spiro atoms. The number of ketones is 1. The number of nitrogens with zero attached hydrogens (tertiary/aromatic N) is 2. The Morgan fingerprint density at radius 1 is 0.931 bits per heavy atom. The number of rotatable bonds is 5. The first-order valence-corrected chi connectivity index (χ1v) is 9.75. The quantitative estimate of drug-likeness (QED) is 0.467. The normalized spacial score (nSPS) is 18.0. The molecule has 4 aromatic rings. The summed E-state index contributed by atoms with van der Waals surface area (Å²) in [5.74, 6) is 0.0138. The fraction of sp³-hybridized carbons (Fsp3) is 0.160. The van der Waals surface area contributed by atoms with E-state index in [1.165, 1.54) is 5.56 Å². The Morgan fingerprint density at radius 3 is 2.55 bits per heavy atom. The van der Waals surface area contributed by atoms with E-state index in [1.54, 1.807) is 30.7 Å². The zero-order valence-electron chi connectivity index (χ0n) is 15.8. The molecule has 2 atom stereocenters. The lowest BCUT2D eigenvalue weighted by molar-refractivity contribution is -0.119. The molecule has 0 saturated heterocycles. The Kier molecular flexibility index (Phi) is 4.39. The van der Waals surface area contributed by atoms with Crippen molar-refractivity contribution in [1.29, 1.82) is 0 Å². The van der Waals surface area contributed by atoms with Gasteiger partial charge in [0.2, 0.25) is 0 Å². The molecule has 0 amide bonds. The Labute approximate surface area is 168 Å². The number of benzene rings is 2. The summed E-state index contributed by atoms with van der Waals surface area (Å²) in [6.45, 7) is 0. The van der Waals surface area contributed by atoms with Crippen LogP contribution in [0.25, 0.3) is 21.9 Å². The van der Waals surface area contributed by atoms with Gasteiger partial charge >= 0.3 is 0 Å². The predicted molar refractivity (Wildman–Crippen MR) is 111 cm³/mol. The van der Waals surface area contributed by atoms with E-state index in [9.17, 15) is 9.18 Å². The summed E-state index contributed by atoms with van der Waals surface area (Å²) in [4.78, 5) is 20.9. The second-order valence-electron chi connectivity index (χ2n) is 7.59. The van der Waals surface area contributed by atoms with Gasteiger partial charge in [-0.05, 0) is 46.7 Å². The highest BCUT2D eigenvalue weighted by atomic mass is 19.1. The Morgan fingerprint density at radius 2 is 1.76 bits per heavy atom. The molecule has 1 aliphatic carbocycles. The molecular weight excluding hydrogens is 363 g/mol. The minimum Gasteiger partial charge on any atom is -0.299 e. The fourth-order valence-corrected chi connectivity index (χ4v) is 4.01. The first-order chi connectivity index (χ1) is 14.2. The van der Waals surface area contributed by atoms with Gasteiger partial charge in [-0.1, -0.05) is 42.5 Å². The third-order valence-corrected chi connectivity index (χ3v) is 5.74. The van der Waals surface area contributed by atoms with Crippen LogP contribution in [-0.4, -0.2) is 15.8 Å². The minimum atomic E-state index is -0.309. The molecule has 29 heavy (non-hydrogen) atoms. The van der Waals surface area contributed by atoms with E-state index in [4.69, 9.17) is 0 Å². The number of pyridine rings is 2. The van der Waals surface area contributed by atoms with Crippen LogP contribution in [0.2, 0.25) is 0 Å². The van der Waals surface area contributed by atoms with Crippen LogP contribution in [-0.2, 0) is 11.2 Å². The maximum Gasteiger partial charge on any atom is 0.141 e. The van der Waals surface area contributed by atoms with Crippen molar-refractivity contribution >= 4 is 16.6 Å². The maximum absolute atomic E-state index is 14.8. The molecule has 2 aromatic carbocycles. The van der Waals surface area contributed by atoms with Gasteiger partial charge in [0.25, 0.3) is 0 Å². The van der Waals surface area contributed by atoms with Gasteiger partial charge in [0.1, 0.15) is 11.6 Å². The molecule has 2 heterocycles. The summed E-state index contributed by atoms with van der Waals surface area (Å²) < 4.78 is 14.8. The summed E-state index contributed by atoms with van der Waals surface area (Å²) in [5, 5.41) is 1.27. The molecule has 0 unspecified atom stereocenters. The molecule has 142 valence electrons. The van der Waals surface area contributed by atoms with Gasteiger partial charge in [-0.15, -0.1) is 0 Å². The summed E-state index contributed by atoms with van der Waals surface area (Å²) in [7, 11) is 0. The fourth-order valence-electron chi connectivity index (χ4n) is 4.01. The Balaban J connectivity index is 1.29. The van der Waals surface area contributed by atoms with Crippen molar-refractivity contribution in [3.8, 4) is 11.1 Å². The van der Waals surface area contributed by atoms with Gasteiger partial charge in [-0.25, -0.2) is 4.39 Å². The average molecular weight is 382 g/mol. The number of carbonyl (C=O) groups excluding carboxylic acids is 1. The van der Waals surface area contributed by atoms with E-state index < -0.39 is 0 Å². The summed E-state index contributed by atoms with van der Waals surface area (Å²) in [6.07, 6.45) is 7.78. The topological polar surface area (TPSA) is 42.9 Å². The third-order valence-electron chi connectivity index (χ3n) is 5.74. The SMILES string of the molecule is O=C(Cc1ccc2cnccc2c1F)[C@@H]1C[C@H]1c1ccc(-c2cccnc2)cc1. The van der Waals surface area contributed by atoms with Gasteiger partial charge in [0, 0.05) is 47.9 Å². The highest BCUT2D eigenvalue weighted by molar-refractivity contribution is 5.89. The molecule has 0 N–H and O–H groups in total. The van der Waals surface area contributed by atoms with Gasteiger partial charge in [0.15, 0.2) is 0 Å². The van der Waals surface area contributed by atoms with Crippen molar-refractivity contribution < 1.29 is 9.18 Å². The number of Topliss-reactive ketones (excluding diaryl/α,β-unsaturated/α-hetero) is 1. The summed E-state index contributed by atoms with van der Waals surface area (Å²) in [5.41, 5.74) is 3.81. The molecule has 1 aliphatic rings. The van der Waals surface area contributed by atoms with Crippen molar-refractivity contribution in [2.45, 2.75) is 18.8 Å². The predicted octanol–water partition coefficient (Wildman–Crippen LogP) is 5.35. The van der Waals surface area contributed by atoms with Gasteiger partial charge in [-0.2, -0.15) is 0 Å². The van der Waals surface area contributed by atoms with Crippen LogP contribution in [0.5, 0.6) is 0 Å². The van der Waals surface area contributed by atoms with E-state index in [-0.39, 0.29) is 29.9 Å². The van der Waals surface area contributed by atoms with Crippen LogP contribution in [0, 0.1) is 11.7 Å². The lowest BCUT2D eigenvalue weighted by Gasteiger charge is -2.07.